The van der Waals surface area contributed by atoms with E-state index in [9.17, 15) is 14.7 Å². The van der Waals surface area contributed by atoms with Crippen molar-refractivity contribution in [3.8, 4) is 17.6 Å². The van der Waals surface area contributed by atoms with Crippen LogP contribution in [-0.4, -0.2) is 29.6 Å². The lowest BCUT2D eigenvalue weighted by molar-refractivity contribution is -0.144. The predicted molar refractivity (Wildman–Crippen MR) is 119 cm³/mol. The van der Waals surface area contributed by atoms with E-state index in [2.05, 4.69) is 17.2 Å². The second-order valence-corrected chi connectivity index (χ2v) is 7.74. The van der Waals surface area contributed by atoms with Crippen LogP contribution < -0.4 is 10.1 Å². The van der Waals surface area contributed by atoms with Gasteiger partial charge in [0.05, 0.1) is 12.7 Å². The molecule has 0 spiro atoms. The van der Waals surface area contributed by atoms with Gasteiger partial charge < -0.3 is 15.2 Å². The van der Waals surface area contributed by atoms with Gasteiger partial charge >= 0.3 is 5.97 Å². The van der Waals surface area contributed by atoms with Crippen molar-refractivity contribution in [1.29, 1.82) is 0 Å². The van der Waals surface area contributed by atoms with Crippen molar-refractivity contribution in [3.63, 3.8) is 0 Å². The highest BCUT2D eigenvalue weighted by molar-refractivity contribution is 6.05. The molecule has 1 aliphatic carbocycles. The number of aliphatic carboxylic acids is 1. The summed E-state index contributed by atoms with van der Waals surface area (Å²) in [5.74, 6) is 5.63. The van der Waals surface area contributed by atoms with Gasteiger partial charge in [-0.05, 0) is 53.9 Å². The zero-order valence-electron chi connectivity index (χ0n) is 17.3. The van der Waals surface area contributed by atoms with Gasteiger partial charge in [0, 0.05) is 11.1 Å². The van der Waals surface area contributed by atoms with E-state index < -0.39 is 17.4 Å². The summed E-state index contributed by atoms with van der Waals surface area (Å²) in [5.41, 5.74) is 0.554. The van der Waals surface area contributed by atoms with Crippen LogP contribution in [0.1, 0.15) is 47.2 Å². The second kappa shape index (κ2) is 8.53. The quantitative estimate of drug-likeness (QED) is 0.623. The lowest BCUT2D eigenvalue weighted by Gasteiger charge is -2.25. The van der Waals surface area contributed by atoms with Crippen molar-refractivity contribution in [1.82, 2.24) is 5.32 Å². The Kier molecular flexibility index (Phi) is 5.64. The van der Waals surface area contributed by atoms with Crippen LogP contribution in [0.3, 0.4) is 0 Å². The molecule has 1 saturated carbocycles. The molecule has 31 heavy (non-hydrogen) atoms. The Morgan fingerprint density at radius 1 is 0.968 bits per heavy atom. The number of carboxylic acids is 1. The number of rotatable bonds is 4. The maximum Gasteiger partial charge on any atom is 0.329 e. The highest BCUT2D eigenvalue weighted by atomic mass is 16.5. The summed E-state index contributed by atoms with van der Waals surface area (Å²) in [6.07, 6.45) is 2.45. The standard InChI is InChI=1S/C26H23NO4/c1-31-20-12-8-18(9-13-20)10-14-22-21-7-3-2-6-19(21)11-15-23(22)24(28)27-26(25(29)30)16-4-5-17-26/h2-3,6-9,11-13,15H,4-5,16-17H2,1H3,(H,27,28)(H,29,30). The summed E-state index contributed by atoms with van der Waals surface area (Å²) in [5, 5.41) is 14.4. The molecule has 1 fully saturated rings. The Morgan fingerprint density at radius 3 is 2.35 bits per heavy atom. The molecule has 0 heterocycles. The van der Waals surface area contributed by atoms with Gasteiger partial charge in [0.25, 0.3) is 5.91 Å². The number of hydrogen-bond donors (Lipinski definition) is 2. The monoisotopic (exact) mass is 413 g/mol. The molecule has 156 valence electrons. The fourth-order valence-corrected chi connectivity index (χ4v) is 4.06. The molecule has 0 aromatic heterocycles. The topological polar surface area (TPSA) is 75.6 Å². The van der Waals surface area contributed by atoms with Gasteiger partial charge in [-0.25, -0.2) is 4.79 Å². The maximum atomic E-state index is 13.2. The lowest BCUT2D eigenvalue weighted by Crippen LogP contribution is -2.52. The van der Waals surface area contributed by atoms with Crippen LogP contribution in [0.5, 0.6) is 5.75 Å². The number of carbonyl (C=O) groups is 2. The molecule has 0 radical (unpaired) electrons. The van der Waals surface area contributed by atoms with Crippen molar-refractivity contribution in [2.45, 2.75) is 31.2 Å². The second-order valence-electron chi connectivity index (χ2n) is 7.74. The first-order chi connectivity index (χ1) is 15.0. The average molecular weight is 413 g/mol. The fraction of sp³-hybridized carbons (Fsp3) is 0.231. The van der Waals surface area contributed by atoms with Gasteiger partial charge in [0.15, 0.2) is 0 Å². The molecular weight excluding hydrogens is 390 g/mol. The highest BCUT2D eigenvalue weighted by Crippen LogP contribution is 2.31. The molecule has 0 aliphatic heterocycles. The minimum absolute atomic E-state index is 0.382. The number of carbonyl (C=O) groups excluding carboxylic acids is 1. The van der Waals surface area contributed by atoms with E-state index in [1.807, 2.05) is 54.6 Å². The van der Waals surface area contributed by atoms with Crippen molar-refractivity contribution in [3.05, 3.63) is 77.4 Å². The lowest BCUT2D eigenvalue weighted by atomic mass is 9.94. The third kappa shape index (κ3) is 4.10. The summed E-state index contributed by atoms with van der Waals surface area (Å²) in [7, 11) is 1.61. The number of amides is 1. The Morgan fingerprint density at radius 2 is 1.68 bits per heavy atom. The maximum absolute atomic E-state index is 13.2. The number of benzene rings is 3. The first-order valence-corrected chi connectivity index (χ1v) is 10.3. The smallest absolute Gasteiger partial charge is 0.329 e. The van der Waals surface area contributed by atoms with E-state index in [4.69, 9.17) is 4.74 Å². The molecule has 0 saturated heterocycles. The third-order valence-electron chi connectivity index (χ3n) is 5.81. The van der Waals surface area contributed by atoms with Crippen LogP contribution >= 0.6 is 0 Å². The normalized spacial score (nSPS) is 14.5. The Labute approximate surface area is 181 Å². The summed E-state index contributed by atoms with van der Waals surface area (Å²) < 4.78 is 5.18. The molecule has 2 N–H and O–H groups in total. The van der Waals surface area contributed by atoms with Gasteiger partial charge in [-0.3, -0.25) is 4.79 Å². The van der Waals surface area contributed by atoms with Crippen LogP contribution in [0, 0.1) is 11.8 Å². The summed E-state index contributed by atoms with van der Waals surface area (Å²) in [6, 6.07) is 18.7. The molecule has 5 heteroatoms. The summed E-state index contributed by atoms with van der Waals surface area (Å²) in [4.78, 5) is 25.1. The molecule has 1 amide bonds. The zero-order chi connectivity index (χ0) is 21.8. The number of ether oxygens (including phenoxy) is 1. The van der Waals surface area contributed by atoms with Crippen molar-refractivity contribution in [2.24, 2.45) is 0 Å². The summed E-state index contributed by atoms with van der Waals surface area (Å²) in [6.45, 7) is 0. The van der Waals surface area contributed by atoms with E-state index in [1.165, 1.54) is 0 Å². The Bertz CT molecular complexity index is 1200. The van der Waals surface area contributed by atoms with Crippen LogP contribution in [0.15, 0.2) is 60.7 Å². The largest absolute Gasteiger partial charge is 0.497 e. The molecule has 3 aromatic carbocycles. The van der Waals surface area contributed by atoms with Crippen molar-refractivity contribution in [2.75, 3.05) is 7.11 Å². The minimum Gasteiger partial charge on any atom is -0.497 e. The van der Waals surface area contributed by atoms with Crippen LogP contribution in [-0.2, 0) is 4.79 Å². The molecule has 0 unspecified atom stereocenters. The van der Waals surface area contributed by atoms with Crippen LogP contribution in [0.2, 0.25) is 0 Å². The molecule has 3 aromatic rings. The molecule has 0 bridgehead atoms. The van der Waals surface area contributed by atoms with Gasteiger partial charge in [0.2, 0.25) is 0 Å². The number of nitrogens with one attached hydrogen (secondary N) is 1. The predicted octanol–water partition coefficient (Wildman–Crippen LogP) is 4.38. The zero-order valence-corrected chi connectivity index (χ0v) is 17.3. The summed E-state index contributed by atoms with van der Waals surface area (Å²) >= 11 is 0. The van der Waals surface area contributed by atoms with Crippen LogP contribution in [0.4, 0.5) is 0 Å². The highest BCUT2D eigenvalue weighted by Gasteiger charge is 2.43. The molecule has 0 atom stereocenters. The van der Waals surface area contributed by atoms with Gasteiger partial charge in [-0.15, -0.1) is 0 Å². The number of methoxy groups -OCH3 is 1. The van der Waals surface area contributed by atoms with E-state index in [0.717, 1.165) is 34.9 Å². The van der Waals surface area contributed by atoms with Gasteiger partial charge in [-0.2, -0.15) is 0 Å². The fourth-order valence-electron chi connectivity index (χ4n) is 4.06. The minimum atomic E-state index is -1.20. The van der Waals surface area contributed by atoms with Crippen molar-refractivity contribution >= 4 is 22.6 Å². The number of carboxylic acid groups (broad SMARTS) is 1. The third-order valence-corrected chi connectivity index (χ3v) is 5.81. The Balaban J connectivity index is 1.76. The first kappa shape index (κ1) is 20.5. The van der Waals surface area contributed by atoms with Gasteiger partial charge in [0.1, 0.15) is 11.3 Å². The molecule has 1 aliphatic rings. The molecular formula is C26H23NO4. The van der Waals surface area contributed by atoms with E-state index in [1.54, 1.807) is 13.2 Å². The Hall–Kier alpha value is -3.78. The average Bonchev–Trinajstić information content (AvgIpc) is 3.27. The van der Waals surface area contributed by atoms with Crippen LogP contribution in [0.25, 0.3) is 10.8 Å². The van der Waals surface area contributed by atoms with Gasteiger partial charge in [-0.1, -0.05) is 55.0 Å². The number of fused-ring (bicyclic) bond motifs is 1. The number of hydrogen-bond acceptors (Lipinski definition) is 3. The first-order valence-electron chi connectivity index (χ1n) is 10.3. The SMILES string of the molecule is COc1ccc(C#Cc2c(C(=O)NC3(C(=O)O)CCCC3)ccc3ccccc23)cc1. The molecule has 4 rings (SSSR count). The molecule has 5 nitrogen and oxygen atoms in total. The van der Waals surface area contributed by atoms with E-state index >= 15 is 0 Å². The van der Waals surface area contributed by atoms with E-state index in [0.29, 0.717) is 24.0 Å². The van der Waals surface area contributed by atoms with Crippen molar-refractivity contribution < 1.29 is 19.4 Å². The van der Waals surface area contributed by atoms with E-state index in [-0.39, 0.29) is 0 Å².